The molecule has 2 rings (SSSR count). The van der Waals surface area contributed by atoms with Gasteiger partial charge >= 0.3 is 11.9 Å². The van der Waals surface area contributed by atoms with Crippen LogP contribution in [0.15, 0.2) is 24.3 Å². The lowest BCUT2D eigenvalue weighted by atomic mass is 10.1. The fourth-order valence-corrected chi connectivity index (χ4v) is 2.64. The Hall–Kier alpha value is -3.62. The maximum absolute atomic E-state index is 12.6. The van der Waals surface area contributed by atoms with Gasteiger partial charge in [-0.1, -0.05) is 6.07 Å². The zero-order chi connectivity index (χ0) is 20.8. The third kappa shape index (κ3) is 4.56. The Morgan fingerprint density at radius 2 is 1.75 bits per heavy atom. The van der Waals surface area contributed by atoms with Crippen molar-refractivity contribution in [1.29, 1.82) is 0 Å². The van der Waals surface area contributed by atoms with Crippen LogP contribution in [0, 0.1) is 13.8 Å². The van der Waals surface area contributed by atoms with E-state index in [1.807, 2.05) is 0 Å². The Morgan fingerprint density at radius 3 is 2.39 bits per heavy atom. The Balaban J connectivity index is 2.16. The number of aromatic nitrogens is 1. The second kappa shape index (κ2) is 8.85. The molecule has 28 heavy (non-hydrogen) atoms. The summed E-state index contributed by atoms with van der Waals surface area (Å²) in [5.41, 5.74) is 2.15. The maximum atomic E-state index is 12.6. The van der Waals surface area contributed by atoms with E-state index in [4.69, 9.17) is 4.74 Å². The number of carbonyl (C=O) groups is 4. The predicted molar refractivity (Wildman–Crippen MR) is 100 cm³/mol. The molecule has 0 radical (unpaired) electrons. The van der Waals surface area contributed by atoms with Crippen LogP contribution in [0.3, 0.4) is 0 Å². The molecular weight excluding hydrogens is 366 g/mol. The first-order valence-corrected chi connectivity index (χ1v) is 8.32. The Labute approximate surface area is 161 Å². The topological polar surface area (TPSA) is 127 Å². The Morgan fingerprint density at radius 1 is 1.04 bits per heavy atom. The van der Waals surface area contributed by atoms with Crippen LogP contribution in [0.5, 0.6) is 0 Å². The molecule has 0 saturated carbocycles. The lowest BCUT2D eigenvalue weighted by Gasteiger charge is -2.08. The van der Waals surface area contributed by atoms with Gasteiger partial charge in [0, 0.05) is 16.9 Å². The van der Waals surface area contributed by atoms with Gasteiger partial charge in [-0.15, -0.1) is 0 Å². The van der Waals surface area contributed by atoms with Crippen molar-refractivity contribution >= 4 is 29.4 Å². The minimum atomic E-state index is -0.572. The van der Waals surface area contributed by atoms with E-state index < -0.39 is 23.8 Å². The normalized spacial score (nSPS) is 10.1. The number of benzene rings is 1. The number of nitrogens with one attached hydrogen (secondary N) is 3. The van der Waals surface area contributed by atoms with Crippen molar-refractivity contribution in [2.45, 2.75) is 13.8 Å². The second-order valence-electron chi connectivity index (χ2n) is 5.91. The monoisotopic (exact) mass is 387 g/mol. The predicted octanol–water partition coefficient (Wildman–Crippen LogP) is 1.57. The average molecular weight is 387 g/mol. The molecule has 9 nitrogen and oxygen atoms in total. The van der Waals surface area contributed by atoms with Gasteiger partial charge in [-0.3, -0.25) is 14.4 Å². The number of hydrogen-bond donors (Lipinski definition) is 3. The lowest BCUT2D eigenvalue weighted by Crippen LogP contribution is -2.30. The summed E-state index contributed by atoms with van der Waals surface area (Å²) in [7, 11) is 2.49. The van der Waals surface area contributed by atoms with Crippen LogP contribution in [-0.2, 0) is 14.3 Å². The zero-order valence-corrected chi connectivity index (χ0v) is 16.0. The highest BCUT2D eigenvalue weighted by Crippen LogP contribution is 2.20. The van der Waals surface area contributed by atoms with Crippen LogP contribution in [-0.4, -0.2) is 49.5 Å². The van der Waals surface area contributed by atoms with Crippen molar-refractivity contribution < 1.29 is 28.7 Å². The summed E-state index contributed by atoms with van der Waals surface area (Å²) in [5.74, 6) is -2.06. The molecule has 0 unspecified atom stereocenters. The first-order chi connectivity index (χ1) is 13.3. The molecule has 0 bridgehead atoms. The third-order valence-electron chi connectivity index (χ3n) is 4.06. The summed E-state index contributed by atoms with van der Waals surface area (Å²) in [6.45, 7) is 3.05. The lowest BCUT2D eigenvalue weighted by molar-refractivity contribution is -0.139. The highest BCUT2D eigenvalue weighted by atomic mass is 16.5. The summed E-state index contributed by atoms with van der Waals surface area (Å²) in [4.78, 5) is 50.5. The molecule has 9 heteroatoms. The molecule has 1 aromatic heterocycles. The van der Waals surface area contributed by atoms with Gasteiger partial charge in [0.25, 0.3) is 11.8 Å². The SMILES string of the molecule is COC(=O)CNC(=O)c1cccc(NC(=O)c2[nH]c(C)c(C(=O)OC)c2C)c1. The van der Waals surface area contributed by atoms with Crippen molar-refractivity contribution in [1.82, 2.24) is 10.3 Å². The summed E-state index contributed by atoms with van der Waals surface area (Å²) in [6, 6.07) is 6.22. The van der Waals surface area contributed by atoms with Gasteiger partial charge in [-0.05, 0) is 37.6 Å². The molecule has 0 fully saturated rings. The van der Waals surface area contributed by atoms with Crippen LogP contribution in [0.25, 0.3) is 0 Å². The third-order valence-corrected chi connectivity index (χ3v) is 4.06. The van der Waals surface area contributed by atoms with Gasteiger partial charge in [0.1, 0.15) is 12.2 Å². The number of aromatic amines is 1. The quantitative estimate of drug-likeness (QED) is 0.646. The smallest absolute Gasteiger partial charge is 0.339 e. The van der Waals surface area contributed by atoms with Gasteiger partial charge in [0.2, 0.25) is 0 Å². The molecule has 0 aliphatic rings. The second-order valence-corrected chi connectivity index (χ2v) is 5.91. The van der Waals surface area contributed by atoms with Crippen molar-refractivity contribution in [3.05, 3.63) is 52.3 Å². The molecule has 0 saturated heterocycles. The van der Waals surface area contributed by atoms with E-state index in [2.05, 4.69) is 20.4 Å². The first-order valence-electron chi connectivity index (χ1n) is 8.32. The summed E-state index contributed by atoms with van der Waals surface area (Å²) >= 11 is 0. The van der Waals surface area contributed by atoms with Crippen LogP contribution < -0.4 is 10.6 Å². The molecule has 0 aliphatic heterocycles. The number of rotatable bonds is 6. The highest BCUT2D eigenvalue weighted by Gasteiger charge is 2.22. The van der Waals surface area contributed by atoms with Gasteiger partial charge in [0.05, 0.1) is 19.8 Å². The van der Waals surface area contributed by atoms with Gasteiger partial charge < -0.3 is 25.1 Å². The van der Waals surface area contributed by atoms with E-state index in [1.54, 1.807) is 32.0 Å². The van der Waals surface area contributed by atoms with Gasteiger partial charge in [-0.2, -0.15) is 0 Å². The van der Waals surface area contributed by atoms with Crippen LogP contribution >= 0.6 is 0 Å². The molecule has 2 aromatic rings. The number of anilines is 1. The largest absolute Gasteiger partial charge is 0.468 e. The molecule has 2 amide bonds. The van der Waals surface area contributed by atoms with Crippen molar-refractivity contribution in [2.75, 3.05) is 26.1 Å². The number of aryl methyl sites for hydroxylation is 1. The Bertz CT molecular complexity index is 932. The van der Waals surface area contributed by atoms with E-state index in [0.29, 0.717) is 22.5 Å². The minimum Gasteiger partial charge on any atom is -0.468 e. The van der Waals surface area contributed by atoms with Gasteiger partial charge in [-0.25, -0.2) is 4.79 Å². The average Bonchev–Trinajstić information content (AvgIpc) is 2.99. The maximum Gasteiger partial charge on any atom is 0.339 e. The molecule has 0 atom stereocenters. The van der Waals surface area contributed by atoms with Crippen LogP contribution in [0.1, 0.15) is 42.5 Å². The zero-order valence-electron chi connectivity index (χ0n) is 16.0. The molecule has 1 heterocycles. The highest BCUT2D eigenvalue weighted by molar-refractivity contribution is 6.07. The Kier molecular flexibility index (Phi) is 6.54. The number of methoxy groups -OCH3 is 2. The van der Waals surface area contributed by atoms with E-state index in [9.17, 15) is 19.2 Å². The van der Waals surface area contributed by atoms with Crippen molar-refractivity contribution in [2.24, 2.45) is 0 Å². The first kappa shape index (κ1) is 20.7. The molecule has 0 spiro atoms. The van der Waals surface area contributed by atoms with Crippen LogP contribution in [0.4, 0.5) is 5.69 Å². The fraction of sp³-hybridized carbons (Fsp3) is 0.263. The summed E-state index contributed by atoms with van der Waals surface area (Å²) < 4.78 is 9.19. The van der Waals surface area contributed by atoms with Gasteiger partial charge in [0.15, 0.2) is 0 Å². The number of esters is 2. The summed E-state index contributed by atoms with van der Waals surface area (Å²) in [6.07, 6.45) is 0. The molecule has 3 N–H and O–H groups in total. The molecular formula is C19H21N3O6. The van der Waals surface area contributed by atoms with Crippen molar-refractivity contribution in [3.8, 4) is 0 Å². The van der Waals surface area contributed by atoms with E-state index in [-0.39, 0.29) is 17.8 Å². The van der Waals surface area contributed by atoms with E-state index >= 15 is 0 Å². The van der Waals surface area contributed by atoms with E-state index in [1.165, 1.54) is 20.3 Å². The van der Waals surface area contributed by atoms with Crippen molar-refractivity contribution in [3.63, 3.8) is 0 Å². The summed E-state index contributed by atoms with van der Waals surface area (Å²) in [5, 5.41) is 5.09. The number of carbonyl (C=O) groups excluding carboxylic acids is 4. The molecule has 1 aromatic carbocycles. The number of hydrogen-bond acceptors (Lipinski definition) is 6. The molecule has 148 valence electrons. The number of H-pyrrole nitrogens is 1. The molecule has 0 aliphatic carbocycles. The van der Waals surface area contributed by atoms with Crippen LogP contribution in [0.2, 0.25) is 0 Å². The van der Waals surface area contributed by atoms with E-state index in [0.717, 1.165) is 0 Å². The standard InChI is InChI=1S/C19H21N3O6/c1-10-15(19(26)28-4)11(2)21-16(10)18(25)22-13-7-5-6-12(8-13)17(24)20-9-14(23)27-3/h5-8,21H,9H2,1-4H3,(H,20,24)(H,22,25). The minimum absolute atomic E-state index is 0.221. The fourth-order valence-electron chi connectivity index (χ4n) is 2.64. The number of ether oxygens (including phenoxy) is 2. The number of amides is 2.